The van der Waals surface area contributed by atoms with E-state index in [1.54, 1.807) is 6.92 Å². The maximum Gasteiger partial charge on any atom is 0.163 e. The minimum Gasteiger partial charge on any atom is -0.395 e. The Bertz CT molecular complexity index is 343. The van der Waals surface area contributed by atoms with Crippen LogP contribution in [0.15, 0.2) is 18.2 Å². The molecule has 1 aromatic rings. The minimum absolute atomic E-state index is 0.173. The van der Waals surface area contributed by atoms with E-state index in [1.165, 1.54) is 12.1 Å². The van der Waals surface area contributed by atoms with Gasteiger partial charge in [-0.15, -0.1) is 0 Å². The van der Waals surface area contributed by atoms with Crippen molar-refractivity contribution in [1.29, 1.82) is 0 Å². The summed E-state index contributed by atoms with van der Waals surface area (Å²) in [5.41, 5.74) is 0.173. The fourth-order valence-corrected chi connectivity index (χ4v) is 1.46. The fourth-order valence-electron chi connectivity index (χ4n) is 1.46. The van der Waals surface area contributed by atoms with Crippen LogP contribution in [0.4, 0.5) is 8.78 Å². The Balaban J connectivity index is 2.80. The third kappa shape index (κ3) is 2.98. The van der Waals surface area contributed by atoms with E-state index in [0.717, 1.165) is 6.07 Å². The van der Waals surface area contributed by atoms with Crippen molar-refractivity contribution in [2.75, 3.05) is 13.2 Å². The number of benzene rings is 1. The first-order chi connectivity index (χ1) is 7.60. The fraction of sp³-hybridized carbons (Fsp3) is 0.455. The predicted octanol–water partition coefficient (Wildman–Crippen LogP) is 0.969. The summed E-state index contributed by atoms with van der Waals surface area (Å²) in [5.74, 6) is -1.81. The van der Waals surface area contributed by atoms with E-state index in [4.69, 9.17) is 10.2 Å². The average Bonchev–Trinajstić information content (AvgIpc) is 2.29. The van der Waals surface area contributed by atoms with Crippen LogP contribution in [0, 0.1) is 11.6 Å². The van der Waals surface area contributed by atoms with Gasteiger partial charge in [-0.05, 0) is 13.0 Å². The number of aliphatic hydroxyl groups excluding tert-OH is 2. The zero-order valence-corrected chi connectivity index (χ0v) is 8.95. The quantitative estimate of drug-likeness (QED) is 0.707. The van der Waals surface area contributed by atoms with Crippen molar-refractivity contribution in [1.82, 2.24) is 5.32 Å². The summed E-state index contributed by atoms with van der Waals surface area (Å²) in [5, 5.41) is 20.5. The molecule has 0 aromatic heterocycles. The number of halogens is 2. The summed E-state index contributed by atoms with van der Waals surface area (Å²) in [6.07, 6.45) is 0. The van der Waals surface area contributed by atoms with Crippen molar-refractivity contribution >= 4 is 0 Å². The van der Waals surface area contributed by atoms with Crippen molar-refractivity contribution in [2.24, 2.45) is 0 Å². The highest BCUT2D eigenvalue weighted by Gasteiger charge is 2.16. The Labute approximate surface area is 92.7 Å². The van der Waals surface area contributed by atoms with Gasteiger partial charge in [-0.2, -0.15) is 0 Å². The second-order valence-corrected chi connectivity index (χ2v) is 3.59. The van der Waals surface area contributed by atoms with E-state index in [-0.39, 0.29) is 18.8 Å². The van der Waals surface area contributed by atoms with E-state index < -0.39 is 23.7 Å². The van der Waals surface area contributed by atoms with Crippen LogP contribution >= 0.6 is 0 Å². The maximum absolute atomic E-state index is 13.4. The van der Waals surface area contributed by atoms with Gasteiger partial charge in [-0.3, -0.25) is 0 Å². The highest BCUT2D eigenvalue weighted by atomic mass is 19.2. The zero-order valence-electron chi connectivity index (χ0n) is 8.95. The minimum atomic E-state index is -0.907. The molecule has 0 fully saturated rings. The van der Waals surface area contributed by atoms with E-state index >= 15 is 0 Å². The molecule has 0 saturated heterocycles. The Hall–Kier alpha value is -1.04. The van der Waals surface area contributed by atoms with Crippen molar-refractivity contribution in [3.05, 3.63) is 35.4 Å². The van der Waals surface area contributed by atoms with Crippen LogP contribution in [0.2, 0.25) is 0 Å². The molecule has 0 aliphatic rings. The number of hydrogen-bond donors (Lipinski definition) is 3. The molecular formula is C11H15F2NO2. The molecular weight excluding hydrogens is 216 g/mol. The molecule has 1 atom stereocenters. The lowest BCUT2D eigenvalue weighted by Gasteiger charge is -2.20. The first kappa shape index (κ1) is 13.0. The lowest BCUT2D eigenvalue weighted by atomic mass is 10.1. The third-order valence-electron chi connectivity index (χ3n) is 2.37. The van der Waals surface area contributed by atoms with Crippen LogP contribution in [0.5, 0.6) is 0 Å². The normalized spacial score (nSPS) is 13.1. The van der Waals surface area contributed by atoms with Crippen LogP contribution in [0.3, 0.4) is 0 Å². The molecule has 90 valence electrons. The van der Waals surface area contributed by atoms with Crippen molar-refractivity contribution in [2.45, 2.75) is 19.0 Å². The number of hydrogen-bond acceptors (Lipinski definition) is 3. The van der Waals surface area contributed by atoms with Gasteiger partial charge in [0.15, 0.2) is 11.6 Å². The van der Waals surface area contributed by atoms with Crippen molar-refractivity contribution in [3.8, 4) is 0 Å². The van der Waals surface area contributed by atoms with Gasteiger partial charge < -0.3 is 15.5 Å². The van der Waals surface area contributed by atoms with Crippen LogP contribution < -0.4 is 5.32 Å². The number of nitrogens with one attached hydrogen (secondary N) is 1. The molecule has 5 heteroatoms. The predicted molar refractivity (Wildman–Crippen MR) is 55.9 cm³/mol. The van der Waals surface area contributed by atoms with E-state index in [0.29, 0.717) is 0 Å². The molecule has 0 radical (unpaired) electrons. The molecule has 1 rings (SSSR count). The standard InChI is InChI=1S/C11H15F2NO2/c1-7(14-8(5-15)6-16)9-3-2-4-10(12)11(9)13/h2-4,7-8,14-16H,5-6H2,1H3. The van der Waals surface area contributed by atoms with E-state index in [2.05, 4.69) is 5.32 Å². The van der Waals surface area contributed by atoms with Gasteiger partial charge in [0.25, 0.3) is 0 Å². The van der Waals surface area contributed by atoms with Gasteiger partial charge in [0.2, 0.25) is 0 Å². The monoisotopic (exact) mass is 231 g/mol. The molecule has 0 bridgehead atoms. The molecule has 0 heterocycles. The molecule has 0 saturated carbocycles. The van der Waals surface area contributed by atoms with Gasteiger partial charge in [-0.1, -0.05) is 12.1 Å². The maximum atomic E-state index is 13.4. The van der Waals surface area contributed by atoms with Gasteiger partial charge in [0, 0.05) is 11.6 Å². The Morgan fingerprint density at radius 1 is 1.25 bits per heavy atom. The summed E-state index contributed by atoms with van der Waals surface area (Å²) in [6.45, 7) is 1.10. The van der Waals surface area contributed by atoms with Crippen LogP contribution in [0.25, 0.3) is 0 Å². The van der Waals surface area contributed by atoms with E-state index in [1.807, 2.05) is 0 Å². The second-order valence-electron chi connectivity index (χ2n) is 3.59. The molecule has 1 aromatic carbocycles. The number of aliphatic hydroxyl groups is 2. The first-order valence-electron chi connectivity index (χ1n) is 5.01. The van der Waals surface area contributed by atoms with Gasteiger partial charge in [-0.25, -0.2) is 8.78 Å². The average molecular weight is 231 g/mol. The zero-order chi connectivity index (χ0) is 12.1. The molecule has 1 unspecified atom stereocenters. The van der Waals surface area contributed by atoms with Crippen LogP contribution in [-0.4, -0.2) is 29.5 Å². The SMILES string of the molecule is CC(NC(CO)CO)c1cccc(F)c1F. The molecule has 3 N–H and O–H groups in total. The lowest BCUT2D eigenvalue weighted by Crippen LogP contribution is -2.37. The highest BCUT2D eigenvalue weighted by Crippen LogP contribution is 2.19. The van der Waals surface area contributed by atoms with Crippen LogP contribution in [-0.2, 0) is 0 Å². The summed E-state index contributed by atoms with van der Waals surface area (Å²) in [4.78, 5) is 0. The first-order valence-corrected chi connectivity index (χ1v) is 5.01. The van der Waals surface area contributed by atoms with Gasteiger partial charge in [0.1, 0.15) is 0 Å². The molecule has 3 nitrogen and oxygen atoms in total. The Morgan fingerprint density at radius 3 is 2.44 bits per heavy atom. The Kier molecular flexibility index (Phi) is 4.79. The van der Waals surface area contributed by atoms with Crippen molar-refractivity contribution in [3.63, 3.8) is 0 Å². The third-order valence-corrected chi connectivity index (χ3v) is 2.37. The second kappa shape index (κ2) is 5.89. The van der Waals surface area contributed by atoms with Crippen LogP contribution in [0.1, 0.15) is 18.5 Å². The van der Waals surface area contributed by atoms with E-state index in [9.17, 15) is 8.78 Å². The molecule has 0 aliphatic heterocycles. The largest absolute Gasteiger partial charge is 0.395 e. The van der Waals surface area contributed by atoms with Gasteiger partial charge >= 0.3 is 0 Å². The van der Waals surface area contributed by atoms with Crippen molar-refractivity contribution < 1.29 is 19.0 Å². The van der Waals surface area contributed by atoms with Gasteiger partial charge in [0.05, 0.1) is 19.3 Å². The molecule has 0 aliphatic carbocycles. The number of rotatable bonds is 5. The Morgan fingerprint density at radius 2 is 1.88 bits per heavy atom. The highest BCUT2D eigenvalue weighted by molar-refractivity contribution is 5.22. The smallest absolute Gasteiger partial charge is 0.163 e. The summed E-state index contributed by atoms with van der Waals surface area (Å²) in [6, 6.07) is 2.89. The molecule has 0 amide bonds. The molecule has 16 heavy (non-hydrogen) atoms. The topological polar surface area (TPSA) is 52.5 Å². The summed E-state index contributed by atoms with van der Waals surface area (Å²) >= 11 is 0. The summed E-state index contributed by atoms with van der Waals surface area (Å²) < 4.78 is 26.3. The lowest BCUT2D eigenvalue weighted by molar-refractivity contribution is 0.163. The molecule has 0 spiro atoms. The summed E-state index contributed by atoms with van der Waals surface area (Å²) in [7, 11) is 0.